The molecule has 24 heavy (non-hydrogen) atoms. The minimum Gasteiger partial charge on any atom is -0.344 e. The van der Waals surface area contributed by atoms with Crippen molar-refractivity contribution < 1.29 is 14.0 Å². The van der Waals surface area contributed by atoms with Crippen LogP contribution in [0.15, 0.2) is 30.3 Å². The number of rotatable bonds is 3. The first-order chi connectivity index (χ1) is 11.5. The molecule has 1 atom stereocenters. The number of anilines is 1. The molecule has 3 rings (SSSR count). The molecule has 1 aliphatic heterocycles. The fourth-order valence-electron chi connectivity index (χ4n) is 2.75. The average Bonchev–Trinajstić information content (AvgIpc) is 2.77. The van der Waals surface area contributed by atoms with Gasteiger partial charge in [-0.1, -0.05) is 6.42 Å². The van der Waals surface area contributed by atoms with Crippen molar-refractivity contribution in [2.45, 2.75) is 38.6 Å². The quantitative estimate of drug-likeness (QED) is 0.907. The third kappa shape index (κ3) is 3.61. The summed E-state index contributed by atoms with van der Waals surface area (Å²) < 4.78 is 14.6. The molecule has 1 aromatic heterocycles. The number of benzene rings is 1. The summed E-state index contributed by atoms with van der Waals surface area (Å²) in [7, 11) is 0. The van der Waals surface area contributed by atoms with Gasteiger partial charge in [-0.05, 0) is 44.0 Å². The van der Waals surface area contributed by atoms with E-state index >= 15 is 0 Å². The van der Waals surface area contributed by atoms with Crippen molar-refractivity contribution in [3.8, 4) is 5.69 Å². The van der Waals surface area contributed by atoms with Gasteiger partial charge in [0.15, 0.2) is 0 Å². The fourth-order valence-corrected chi connectivity index (χ4v) is 2.75. The van der Waals surface area contributed by atoms with Crippen LogP contribution in [-0.2, 0) is 9.59 Å². The van der Waals surface area contributed by atoms with Crippen LogP contribution in [0.25, 0.3) is 5.69 Å². The van der Waals surface area contributed by atoms with Gasteiger partial charge in [-0.3, -0.25) is 9.59 Å². The summed E-state index contributed by atoms with van der Waals surface area (Å²) in [6, 6.07) is 7.04. The van der Waals surface area contributed by atoms with Gasteiger partial charge in [0.1, 0.15) is 17.7 Å². The number of carbonyl (C=O) groups excluding carboxylic acids is 2. The van der Waals surface area contributed by atoms with Gasteiger partial charge in [-0.2, -0.15) is 5.10 Å². The highest BCUT2D eigenvalue weighted by molar-refractivity contribution is 5.97. The Morgan fingerprint density at radius 3 is 2.83 bits per heavy atom. The summed E-state index contributed by atoms with van der Waals surface area (Å²) in [4.78, 5) is 24.1. The molecule has 0 spiro atoms. The van der Waals surface area contributed by atoms with Crippen molar-refractivity contribution in [2.75, 3.05) is 5.32 Å². The van der Waals surface area contributed by atoms with Crippen LogP contribution in [0.2, 0.25) is 0 Å². The highest BCUT2D eigenvalue weighted by Gasteiger charge is 2.24. The maximum atomic E-state index is 13.1. The van der Waals surface area contributed by atoms with Crippen LogP contribution in [0.3, 0.4) is 0 Å². The molecule has 2 heterocycles. The summed E-state index contributed by atoms with van der Waals surface area (Å²) in [5.41, 5.74) is 1.37. The van der Waals surface area contributed by atoms with Gasteiger partial charge in [-0.25, -0.2) is 9.07 Å². The second-order valence-corrected chi connectivity index (χ2v) is 5.91. The normalized spacial score (nSPS) is 17.9. The molecule has 6 nitrogen and oxygen atoms in total. The third-order valence-electron chi connectivity index (χ3n) is 3.95. The van der Waals surface area contributed by atoms with Crippen molar-refractivity contribution in [1.82, 2.24) is 15.1 Å². The molecule has 1 saturated heterocycles. The van der Waals surface area contributed by atoms with Crippen LogP contribution in [0.1, 0.15) is 31.4 Å². The Balaban J connectivity index is 1.81. The van der Waals surface area contributed by atoms with Crippen LogP contribution in [0.4, 0.5) is 10.2 Å². The van der Waals surface area contributed by atoms with Crippen molar-refractivity contribution in [1.29, 1.82) is 0 Å². The molecule has 7 heteroatoms. The van der Waals surface area contributed by atoms with E-state index in [1.165, 1.54) is 12.1 Å². The predicted octanol–water partition coefficient (Wildman–Crippen LogP) is 2.32. The van der Waals surface area contributed by atoms with Crippen LogP contribution in [-0.4, -0.2) is 27.6 Å². The maximum absolute atomic E-state index is 13.1. The Hall–Kier alpha value is -2.70. The van der Waals surface area contributed by atoms with Crippen molar-refractivity contribution in [3.05, 3.63) is 41.8 Å². The van der Waals surface area contributed by atoms with E-state index in [9.17, 15) is 14.0 Å². The Morgan fingerprint density at radius 2 is 2.08 bits per heavy atom. The molecule has 1 fully saturated rings. The van der Waals surface area contributed by atoms with E-state index in [2.05, 4.69) is 15.7 Å². The number of aromatic nitrogens is 2. The molecule has 1 unspecified atom stereocenters. The van der Waals surface area contributed by atoms with Gasteiger partial charge < -0.3 is 10.6 Å². The molecular weight excluding hydrogens is 311 g/mol. The second kappa shape index (κ2) is 6.82. The number of nitrogens with zero attached hydrogens (tertiary/aromatic N) is 2. The first-order valence-corrected chi connectivity index (χ1v) is 7.96. The van der Waals surface area contributed by atoms with Crippen LogP contribution >= 0.6 is 0 Å². The van der Waals surface area contributed by atoms with Crippen LogP contribution in [0, 0.1) is 12.7 Å². The van der Waals surface area contributed by atoms with Gasteiger partial charge in [0, 0.05) is 12.5 Å². The van der Waals surface area contributed by atoms with Gasteiger partial charge in [0.2, 0.25) is 11.8 Å². The highest BCUT2D eigenvalue weighted by atomic mass is 19.1. The largest absolute Gasteiger partial charge is 0.344 e. The number of hydrogen-bond donors (Lipinski definition) is 2. The molecule has 2 aromatic rings. The van der Waals surface area contributed by atoms with E-state index in [0.29, 0.717) is 24.3 Å². The number of nitrogens with one attached hydrogen (secondary N) is 2. The predicted molar refractivity (Wildman–Crippen MR) is 87.3 cm³/mol. The Bertz CT molecular complexity index is 754. The summed E-state index contributed by atoms with van der Waals surface area (Å²) >= 11 is 0. The SMILES string of the molecule is Cc1cc(NC(=O)C2CCCCC(=O)N2)n(-c2ccc(F)cc2)n1. The molecule has 126 valence electrons. The minimum absolute atomic E-state index is 0.101. The van der Waals surface area contributed by atoms with Crippen molar-refractivity contribution >= 4 is 17.6 Å². The van der Waals surface area contributed by atoms with E-state index in [-0.39, 0.29) is 17.6 Å². The van der Waals surface area contributed by atoms with Crippen molar-refractivity contribution in [2.24, 2.45) is 0 Å². The number of amides is 2. The number of halogens is 1. The lowest BCUT2D eigenvalue weighted by molar-refractivity contribution is -0.126. The van der Waals surface area contributed by atoms with E-state index in [1.54, 1.807) is 22.9 Å². The lowest BCUT2D eigenvalue weighted by Crippen LogP contribution is -2.42. The fraction of sp³-hybridized carbons (Fsp3) is 0.353. The smallest absolute Gasteiger partial charge is 0.248 e. The van der Waals surface area contributed by atoms with Gasteiger partial charge in [-0.15, -0.1) is 0 Å². The van der Waals surface area contributed by atoms with Gasteiger partial charge in [0.25, 0.3) is 0 Å². The third-order valence-corrected chi connectivity index (χ3v) is 3.95. The van der Waals surface area contributed by atoms with E-state index in [4.69, 9.17) is 0 Å². The summed E-state index contributed by atoms with van der Waals surface area (Å²) in [5.74, 6) is -0.221. The summed E-state index contributed by atoms with van der Waals surface area (Å²) in [5, 5.41) is 9.89. The molecule has 0 aliphatic carbocycles. The first kappa shape index (κ1) is 16.2. The first-order valence-electron chi connectivity index (χ1n) is 7.96. The van der Waals surface area contributed by atoms with Crippen LogP contribution in [0.5, 0.6) is 0 Å². The lowest BCUT2D eigenvalue weighted by atomic mass is 10.1. The number of carbonyl (C=O) groups is 2. The Morgan fingerprint density at radius 1 is 1.33 bits per heavy atom. The zero-order valence-corrected chi connectivity index (χ0v) is 13.4. The molecular formula is C17H19FN4O2. The van der Waals surface area contributed by atoms with Crippen LogP contribution < -0.4 is 10.6 Å². The second-order valence-electron chi connectivity index (χ2n) is 5.91. The van der Waals surface area contributed by atoms with Gasteiger partial charge >= 0.3 is 0 Å². The standard InChI is InChI=1S/C17H19FN4O2/c1-11-10-15(22(21-11)13-8-6-12(18)7-9-13)20-17(24)14-4-2-3-5-16(23)19-14/h6-10,14H,2-5H2,1H3,(H,19,23)(H,20,24). The Labute approximate surface area is 139 Å². The van der Waals surface area contributed by atoms with E-state index in [1.807, 2.05) is 6.92 Å². The molecule has 0 saturated carbocycles. The monoisotopic (exact) mass is 330 g/mol. The number of hydrogen-bond acceptors (Lipinski definition) is 3. The lowest BCUT2D eigenvalue weighted by Gasteiger charge is -2.16. The highest BCUT2D eigenvalue weighted by Crippen LogP contribution is 2.19. The zero-order chi connectivity index (χ0) is 17.1. The molecule has 0 bridgehead atoms. The Kier molecular flexibility index (Phi) is 4.59. The van der Waals surface area contributed by atoms with Crippen molar-refractivity contribution in [3.63, 3.8) is 0 Å². The van der Waals surface area contributed by atoms with E-state index < -0.39 is 6.04 Å². The van der Waals surface area contributed by atoms with E-state index in [0.717, 1.165) is 18.5 Å². The summed E-state index contributed by atoms with van der Waals surface area (Å²) in [6.07, 6.45) is 2.69. The molecule has 0 radical (unpaired) electrons. The summed E-state index contributed by atoms with van der Waals surface area (Å²) in [6.45, 7) is 1.81. The zero-order valence-electron chi connectivity index (χ0n) is 13.4. The molecule has 1 aromatic carbocycles. The minimum atomic E-state index is -0.545. The number of aryl methyl sites for hydroxylation is 1. The molecule has 2 N–H and O–H groups in total. The average molecular weight is 330 g/mol. The van der Waals surface area contributed by atoms with Gasteiger partial charge in [0.05, 0.1) is 11.4 Å². The topological polar surface area (TPSA) is 76.0 Å². The molecule has 2 amide bonds. The maximum Gasteiger partial charge on any atom is 0.248 e. The molecule has 1 aliphatic rings.